The van der Waals surface area contributed by atoms with Crippen molar-refractivity contribution in [2.45, 2.75) is 11.9 Å². The summed E-state index contributed by atoms with van der Waals surface area (Å²) in [6.07, 6.45) is 2.53. The molecule has 1 aromatic heterocycles. The average molecular weight is 272 g/mol. The van der Waals surface area contributed by atoms with Crippen molar-refractivity contribution in [1.82, 2.24) is 9.97 Å². The molecule has 0 atom stereocenters. The number of anilines is 1. The summed E-state index contributed by atoms with van der Waals surface area (Å²) in [5.41, 5.74) is 1.26. The van der Waals surface area contributed by atoms with Crippen molar-refractivity contribution < 1.29 is 8.42 Å². The van der Waals surface area contributed by atoms with E-state index >= 15 is 0 Å². The Hall–Kier alpha value is -1.53. The summed E-state index contributed by atoms with van der Waals surface area (Å²) >= 11 is 5.91. The molecule has 17 heavy (non-hydrogen) atoms. The Morgan fingerprint density at radius 2 is 2.18 bits per heavy atom. The molecule has 0 bridgehead atoms. The van der Waals surface area contributed by atoms with E-state index in [0.717, 1.165) is 5.56 Å². The van der Waals surface area contributed by atoms with Crippen LogP contribution < -0.4 is 4.72 Å². The highest BCUT2D eigenvalue weighted by atomic mass is 35.5. The number of imidazole rings is 1. The van der Waals surface area contributed by atoms with Gasteiger partial charge in [0.25, 0.3) is 10.0 Å². The van der Waals surface area contributed by atoms with Crippen molar-refractivity contribution in [1.29, 1.82) is 0 Å². The molecule has 90 valence electrons. The van der Waals surface area contributed by atoms with Crippen LogP contribution in [-0.2, 0) is 10.0 Å². The van der Waals surface area contributed by atoms with E-state index in [0.29, 0.717) is 10.7 Å². The van der Waals surface area contributed by atoms with Crippen LogP contribution in [-0.4, -0.2) is 18.4 Å². The Morgan fingerprint density at radius 3 is 2.82 bits per heavy atom. The molecule has 1 aromatic carbocycles. The molecule has 0 unspecified atom stereocenters. The number of rotatable bonds is 3. The smallest absolute Gasteiger partial charge is 0.279 e. The maximum Gasteiger partial charge on any atom is 0.279 e. The highest BCUT2D eigenvalue weighted by Crippen LogP contribution is 2.24. The zero-order valence-electron chi connectivity index (χ0n) is 8.94. The maximum atomic E-state index is 11.9. The molecule has 1 heterocycles. The molecule has 2 rings (SSSR count). The molecule has 2 N–H and O–H groups in total. The molecule has 7 heteroatoms. The van der Waals surface area contributed by atoms with Crippen LogP contribution in [0.25, 0.3) is 0 Å². The molecule has 0 fully saturated rings. The van der Waals surface area contributed by atoms with Crippen molar-refractivity contribution in [2.75, 3.05) is 4.72 Å². The molecule has 2 aromatic rings. The minimum atomic E-state index is -3.66. The van der Waals surface area contributed by atoms with Gasteiger partial charge in [0, 0.05) is 0 Å². The first-order valence-electron chi connectivity index (χ1n) is 4.76. The number of aryl methyl sites for hydroxylation is 1. The van der Waals surface area contributed by atoms with Crippen LogP contribution in [0.2, 0.25) is 5.02 Å². The van der Waals surface area contributed by atoms with E-state index in [4.69, 9.17) is 11.6 Å². The van der Waals surface area contributed by atoms with E-state index in [2.05, 4.69) is 14.7 Å². The van der Waals surface area contributed by atoms with Crippen LogP contribution in [0, 0.1) is 6.92 Å². The Balaban J connectivity index is 2.36. The molecule has 0 aliphatic carbocycles. The molecule has 0 aliphatic heterocycles. The molecule has 0 amide bonds. The number of benzene rings is 1. The fourth-order valence-corrected chi connectivity index (χ4v) is 2.50. The van der Waals surface area contributed by atoms with E-state index < -0.39 is 10.0 Å². The first kappa shape index (κ1) is 11.9. The van der Waals surface area contributed by atoms with Crippen molar-refractivity contribution in [3.63, 3.8) is 0 Å². The summed E-state index contributed by atoms with van der Waals surface area (Å²) in [4.78, 5) is 6.19. The fourth-order valence-electron chi connectivity index (χ4n) is 1.31. The van der Waals surface area contributed by atoms with Gasteiger partial charge in [0.05, 0.1) is 23.2 Å². The predicted octanol–water partition coefficient (Wildman–Crippen LogP) is 2.17. The lowest BCUT2D eigenvalue weighted by Gasteiger charge is -2.08. The SMILES string of the molecule is Cc1ccc(Cl)c(NS(=O)(=O)c2cnc[nH]2)c1. The van der Waals surface area contributed by atoms with Gasteiger partial charge in [0.15, 0.2) is 5.03 Å². The number of aromatic amines is 1. The largest absolute Gasteiger partial charge is 0.334 e. The normalized spacial score (nSPS) is 11.4. The van der Waals surface area contributed by atoms with E-state index in [1.807, 2.05) is 6.92 Å². The standard InChI is InChI=1S/C10H10ClN3O2S/c1-7-2-3-8(11)9(4-7)14-17(15,16)10-5-12-6-13-10/h2-6,14H,1H3,(H,12,13). The summed E-state index contributed by atoms with van der Waals surface area (Å²) in [5, 5.41) is 0.341. The second kappa shape index (κ2) is 4.38. The second-order valence-electron chi connectivity index (χ2n) is 3.50. The minimum absolute atomic E-state index is 0.00456. The Morgan fingerprint density at radius 1 is 1.41 bits per heavy atom. The zero-order chi connectivity index (χ0) is 12.5. The van der Waals surface area contributed by atoms with Gasteiger partial charge >= 0.3 is 0 Å². The number of hydrogen-bond acceptors (Lipinski definition) is 3. The Bertz CT molecular complexity index is 623. The molecular formula is C10H10ClN3O2S. The third-order valence-electron chi connectivity index (χ3n) is 2.13. The van der Waals surface area contributed by atoms with Gasteiger partial charge < -0.3 is 4.98 Å². The van der Waals surface area contributed by atoms with E-state index in [-0.39, 0.29) is 5.03 Å². The predicted molar refractivity (Wildman–Crippen MR) is 65.6 cm³/mol. The molecule has 0 saturated heterocycles. The number of hydrogen-bond donors (Lipinski definition) is 2. The van der Waals surface area contributed by atoms with Crippen LogP contribution in [0.4, 0.5) is 5.69 Å². The molecule has 0 spiro atoms. The summed E-state index contributed by atoms with van der Waals surface area (Å²) in [6.45, 7) is 1.85. The number of H-pyrrole nitrogens is 1. The van der Waals surface area contributed by atoms with Crippen LogP contribution in [0.1, 0.15) is 5.56 Å². The highest BCUT2D eigenvalue weighted by molar-refractivity contribution is 7.92. The lowest BCUT2D eigenvalue weighted by Crippen LogP contribution is -2.13. The van der Waals surface area contributed by atoms with Crippen molar-refractivity contribution in [3.05, 3.63) is 41.3 Å². The first-order valence-corrected chi connectivity index (χ1v) is 6.62. The quantitative estimate of drug-likeness (QED) is 0.898. The van der Waals surface area contributed by atoms with Crippen LogP contribution >= 0.6 is 11.6 Å². The molecule has 0 aliphatic rings. The first-order chi connectivity index (χ1) is 7.99. The third-order valence-corrected chi connectivity index (χ3v) is 3.75. The van der Waals surface area contributed by atoms with E-state index in [1.54, 1.807) is 18.2 Å². The molecular weight excluding hydrogens is 262 g/mol. The Kier molecular flexibility index (Phi) is 3.08. The monoisotopic (exact) mass is 271 g/mol. The van der Waals surface area contributed by atoms with Crippen LogP contribution in [0.5, 0.6) is 0 Å². The number of aromatic nitrogens is 2. The summed E-state index contributed by atoms with van der Waals surface area (Å²) in [5.74, 6) is 0. The molecule has 0 saturated carbocycles. The fraction of sp³-hybridized carbons (Fsp3) is 0.100. The van der Waals surface area contributed by atoms with Crippen LogP contribution in [0.3, 0.4) is 0 Å². The third kappa shape index (κ3) is 2.59. The van der Waals surface area contributed by atoms with E-state index in [9.17, 15) is 8.42 Å². The van der Waals surface area contributed by atoms with Gasteiger partial charge in [-0.2, -0.15) is 8.42 Å². The summed E-state index contributed by atoms with van der Waals surface area (Å²) in [6, 6.07) is 5.11. The number of nitrogens with zero attached hydrogens (tertiary/aromatic N) is 1. The van der Waals surface area contributed by atoms with Gasteiger partial charge in [-0.3, -0.25) is 4.72 Å². The van der Waals surface area contributed by atoms with Gasteiger partial charge in [0.2, 0.25) is 0 Å². The molecule has 0 radical (unpaired) electrons. The maximum absolute atomic E-state index is 11.9. The minimum Gasteiger partial charge on any atom is -0.334 e. The Labute approximate surface area is 104 Å². The van der Waals surface area contributed by atoms with Gasteiger partial charge in [-0.1, -0.05) is 17.7 Å². The number of sulfonamides is 1. The number of halogens is 1. The van der Waals surface area contributed by atoms with Gasteiger partial charge in [-0.15, -0.1) is 0 Å². The van der Waals surface area contributed by atoms with Gasteiger partial charge in [-0.05, 0) is 24.6 Å². The van der Waals surface area contributed by atoms with E-state index in [1.165, 1.54) is 12.5 Å². The van der Waals surface area contributed by atoms with Crippen LogP contribution in [0.15, 0.2) is 35.7 Å². The van der Waals surface area contributed by atoms with Crippen molar-refractivity contribution >= 4 is 27.3 Å². The van der Waals surface area contributed by atoms with Crippen molar-refractivity contribution in [3.8, 4) is 0 Å². The lowest BCUT2D eigenvalue weighted by molar-refractivity contribution is 0.598. The molecule has 5 nitrogen and oxygen atoms in total. The number of nitrogens with one attached hydrogen (secondary N) is 2. The summed E-state index contributed by atoms with van der Waals surface area (Å²) < 4.78 is 26.2. The topological polar surface area (TPSA) is 74.8 Å². The average Bonchev–Trinajstić information content (AvgIpc) is 2.77. The zero-order valence-corrected chi connectivity index (χ0v) is 10.5. The van der Waals surface area contributed by atoms with Crippen molar-refractivity contribution in [2.24, 2.45) is 0 Å². The highest BCUT2D eigenvalue weighted by Gasteiger charge is 2.16. The van der Waals surface area contributed by atoms with Gasteiger partial charge in [-0.25, -0.2) is 4.98 Å². The summed E-state index contributed by atoms with van der Waals surface area (Å²) in [7, 11) is -3.66. The second-order valence-corrected chi connectivity index (χ2v) is 5.56. The lowest BCUT2D eigenvalue weighted by atomic mass is 10.2. The van der Waals surface area contributed by atoms with Gasteiger partial charge in [0.1, 0.15) is 0 Å².